The summed E-state index contributed by atoms with van der Waals surface area (Å²) in [6.07, 6.45) is 2.04. The molecule has 1 aliphatic heterocycles. The predicted octanol–water partition coefficient (Wildman–Crippen LogP) is 2.70. The van der Waals surface area contributed by atoms with Crippen LogP contribution in [0.1, 0.15) is 25.3 Å². The molecule has 0 saturated carbocycles. The maximum absolute atomic E-state index is 11.0. The number of nitrogens with zero attached hydrogens (tertiary/aromatic N) is 2. The van der Waals surface area contributed by atoms with Gasteiger partial charge in [0.25, 0.3) is 0 Å². The van der Waals surface area contributed by atoms with Gasteiger partial charge in [0.15, 0.2) is 0 Å². The number of amides is 1. The van der Waals surface area contributed by atoms with E-state index in [1.165, 1.54) is 10.5 Å². The Balaban J connectivity index is 1.73. The van der Waals surface area contributed by atoms with Gasteiger partial charge >= 0.3 is 6.09 Å². The van der Waals surface area contributed by atoms with Crippen molar-refractivity contribution in [3.63, 3.8) is 0 Å². The fraction of sp³-hybridized carbons (Fsp3) is 0.588. The van der Waals surface area contributed by atoms with Gasteiger partial charge in [0.05, 0.1) is 6.61 Å². The second-order valence-electron chi connectivity index (χ2n) is 5.79. The summed E-state index contributed by atoms with van der Waals surface area (Å²) in [7, 11) is 1.67. The zero-order chi connectivity index (χ0) is 15.9. The smallest absolute Gasteiger partial charge is 0.407 e. The second-order valence-corrected chi connectivity index (χ2v) is 5.79. The Morgan fingerprint density at radius 1 is 1.32 bits per heavy atom. The number of piperidine rings is 1. The van der Waals surface area contributed by atoms with Crippen LogP contribution in [0.25, 0.3) is 0 Å². The molecule has 5 nitrogen and oxygen atoms in total. The van der Waals surface area contributed by atoms with Crippen molar-refractivity contribution in [2.24, 2.45) is 0 Å². The average molecular weight is 306 g/mol. The molecule has 122 valence electrons. The lowest BCUT2D eigenvalue weighted by molar-refractivity contribution is 0.105. The molecule has 1 aliphatic rings. The molecule has 0 atom stereocenters. The number of hydrogen-bond acceptors (Lipinski definition) is 3. The Kier molecular flexibility index (Phi) is 6.07. The van der Waals surface area contributed by atoms with Crippen LogP contribution in [0.5, 0.6) is 5.75 Å². The predicted molar refractivity (Wildman–Crippen MR) is 86.6 cm³/mol. The highest BCUT2D eigenvalue weighted by Gasteiger charge is 2.24. The zero-order valence-electron chi connectivity index (χ0n) is 13.5. The maximum Gasteiger partial charge on any atom is 0.407 e. The number of carboxylic acid groups (broad SMARTS) is 1. The largest absolute Gasteiger partial charge is 0.494 e. The van der Waals surface area contributed by atoms with Gasteiger partial charge in [-0.05, 0) is 43.9 Å². The Hall–Kier alpha value is -1.75. The molecule has 5 heteroatoms. The van der Waals surface area contributed by atoms with Crippen molar-refractivity contribution >= 4 is 6.09 Å². The molecule has 0 aliphatic carbocycles. The van der Waals surface area contributed by atoms with Crippen LogP contribution in [0.2, 0.25) is 0 Å². The lowest BCUT2D eigenvalue weighted by Gasteiger charge is -2.35. The number of rotatable bonds is 6. The Morgan fingerprint density at radius 3 is 2.50 bits per heavy atom. The van der Waals surface area contributed by atoms with Gasteiger partial charge in [-0.3, -0.25) is 0 Å². The van der Waals surface area contributed by atoms with E-state index in [1.807, 2.05) is 19.1 Å². The fourth-order valence-corrected chi connectivity index (χ4v) is 2.89. The highest BCUT2D eigenvalue weighted by molar-refractivity contribution is 5.64. The molecule has 22 heavy (non-hydrogen) atoms. The zero-order valence-corrected chi connectivity index (χ0v) is 13.5. The molecule has 0 bridgehead atoms. The highest BCUT2D eigenvalue weighted by atomic mass is 16.5. The van der Waals surface area contributed by atoms with Crippen molar-refractivity contribution in [2.45, 2.75) is 32.2 Å². The standard InChI is InChI=1S/C17H26N2O3/c1-3-22-16-6-4-14(5-7-16)8-11-19-12-9-15(10-13-19)18(2)17(20)21/h4-7,15H,3,8-13H2,1-2H3,(H,20,21). The minimum absolute atomic E-state index is 0.166. The van der Waals surface area contributed by atoms with E-state index in [1.54, 1.807) is 7.05 Å². The Bertz CT molecular complexity index is 467. The van der Waals surface area contributed by atoms with E-state index < -0.39 is 6.09 Å². The van der Waals surface area contributed by atoms with Gasteiger partial charge < -0.3 is 19.6 Å². The Morgan fingerprint density at radius 2 is 1.95 bits per heavy atom. The van der Waals surface area contributed by atoms with E-state index in [4.69, 9.17) is 9.84 Å². The monoisotopic (exact) mass is 306 g/mol. The van der Waals surface area contributed by atoms with Gasteiger partial charge in [0.1, 0.15) is 5.75 Å². The van der Waals surface area contributed by atoms with Gasteiger partial charge in [-0.1, -0.05) is 12.1 Å². The van der Waals surface area contributed by atoms with E-state index in [9.17, 15) is 4.79 Å². The van der Waals surface area contributed by atoms with E-state index in [-0.39, 0.29) is 6.04 Å². The van der Waals surface area contributed by atoms with Crippen molar-refractivity contribution < 1.29 is 14.6 Å². The average Bonchev–Trinajstić information content (AvgIpc) is 2.54. The third kappa shape index (κ3) is 4.63. The summed E-state index contributed by atoms with van der Waals surface area (Å²) in [5, 5.41) is 9.01. The number of ether oxygens (including phenoxy) is 1. The van der Waals surface area contributed by atoms with Crippen LogP contribution in [0, 0.1) is 0 Å². The molecule has 0 unspecified atom stereocenters. The summed E-state index contributed by atoms with van der Waals surface area (Å²) >= 11 is 0. The normalized spacial score (nSPS) is 16.5. The van der Waals surface area contributed by atoms with Gasteiger partial charge in [-0.25, -0.2) is 4.79 Å². The van der Waals surface area contributed by atoms with Crippen LogP contribution in [-0.4, -0.2) is 60.3 Å². The van der Waals surface area contributed by atoms with Crippen LogP contribution in [0.15, 0.2) is 24.3 Å². The number of benzene rings is 1. The van der Waals surface area contributed by atoms with E-state index >= 15 is 0 Å². The van der Waals surface area contributed by atoms with Crippen molar-refractivity contribution in [1.29, 1.82) is 0 Å². The molecule has 0 radical (unpaired) electrons. The lowest BCUT2D eigenvalue weighted by Crippen LogP contribution is -2.45. The van der Waals surface area contributed by atoms with E-state index in [0.717, 1.165) is 44.6 Å². The highest BCUT2D eigenvalue weighted by Crippen LogP contribution is 2.17. The van der Waals surface area contributed by atoms with Crippen LogP contribution in [0.4, 0.5) is 4.79 Å². The molecular weight excluding hydrogens is 280 g/mol. The van der Waals surface area contributed by atoms with E-state index in [2.05, 4.69) is 17.0 Å². The fourth-order valence-electron chi connectivity index (χ4n) is 2.89. The summed E-state index contributed by atoms with van der Waals surface area (Å²) in [6, 6.07) is 8.45. The summed E-state index contributed by atoms with van der Waals surface area (Å²) in [4.78, 5) is 14.8. The first-order chi connectivity index (χ1) is 10.6. The topological polar surface area (TPSA) is 53.0 Å². The Labute approximate surface area is 132 Å². The third-order valence-electron chi connectivity index (χ3n) is 4.36. The third-order valence-corrected chi connectivity index (χ3v) is 4.36. The molecule has 1 saturated heterocycles. The first-order valence-corrected chi connectivity index (χ1v) is 8.00. The lowest BCUT2D eigenvalue weighted by atomic mass is 10.0. The van der Waals surface area contributed by atoms with E-state index in [0.29, 0.717) is 6.61 Å². The van der Waals surface area contributed by atoms with Crippen molar-refractivity contribution in [3.8, 4) is 5.75 Å². The van der Waals surface area contributed by atoms with Gasteiger partial charge in [0, 0.05) is 32.7 Å². The molecule has 1 N–H and O–H groups in total. The summed E-state index contributed by atoms with van der Waals surface area (Å²) < 4.78 is 5.45. The second kappa shape index (κ2) is 8.03. The number of carbonyl (C=O) groups is 1. The molecule has 1 aromatic carbocycles. The minimum Gasteiger partial charge on any atom is -0.494 e. The van der Waals surface area contributed by atoms with Crippen molar-refractivity contribution in [3.05, 3.63) is 29.8 Å². The molecular formula is C17H26N2O3. The molecule has 0 aromatic heterocycles. The molecule has 1 heterocycles. The van der Waals surface area contributed by atoms with Gasteiger partial charge in [0.2, 0.25) is 0 Å². The maximum atomic E-state index is 11.0. The summed E-state index contributed by atoms with van der Waals surface area (Å²) in [5.41, 5.74) is 1.31. The molecule has 1 fully saturated rings. The quantitative estimate of drug-likeness (QED) is 0.878. The minimum atomic E-state index is -0.826. The molecule has 0 spiro atoms. The van der Waals surface area contributed by atoms with Crippen molar-refractivity contribution in [1.82, 2.24) is 9.80 Å². The SMILES string of the molecule is CCOc1ccc(CCN2CCC(N(C)C(=O)O)CC2)cc1. The summed E-state index contributed by atoms with van der Waals surface area (Å²) in [5.74, 6) is 0.920. The van der Waals surface area contributed by atoms with Crippen LogP contribution >= 0.6 is 0 Å². The van der Waals surface area contributed by atoms with Gasteiger partial charge in [-0.2, -0.15) is 0 Å². The van der Waals surface area contributed by atoms with Crippen LogP contribution in [0.3, 0.4) is 0 Å². The first-order valence-electron chi connectivity index (χ1n) is 8.00. The first kappa shape index (κ1) is 16.6. The van der Waals surface area contributed by atoms with Gasteiger partial charge in [-0.15, -0.1) is 0 Å². The molecule has 2 rings (SSSR count). The molecule has 1 aromatic rings. The molecule has 1 amide bonds. The van der Waals surface area contributed by atoms with Crippen molar-refractivity contribution in [2.75, 3.05) is 33.3 Å². The number of likely N-dealkylation sites (tertiary alicyclic amines) is 1. The van der Waals surface area contributed by atoms with Crippen LogP contribution in [-0.2, 0) is 6.42 Å². The van der Waals surface area contributed by atoms with Crippen LogP contribution < -0.4 is 4.74 Å². The number of hydrogen-bond donors (Lipinski definition) is 1. The summed E-state index contributed by atoms with van der Waals surface area (Å²) in [6.45, 7) is 5.65.